The summed E-state index contributed by atoms with van der Waals surface area (Å²) < 4.78 is 69.8. The Bertz CT molecular complexity index is 2070. The van der Waals surface area contributed by atoms with E-state index < -0.39 is 138 Å². The normalized spacial score (nSPS) is 49.3. The largest absolute Gasteiger partial charge is 0.458 e. The Morgan fingerprint density at radius 3 is 1.79 bits per heavy atom. The predicted molar refractivity (Wildman–Crippen MR) is 268 cm³/mol. The van der Waals surface area contributed by atoms with E-state index in [1.807, 2.05) is 47.6 Å². The number of hydrogen-bond donors (Lipinski definition) is 6. The zero-order chi connectivity index (χ0) is 54.7. The van der Waals surface area contributed by atoms with Gasteiger partial charge in [-0.25, -0.2) is 4.79 Å². The first-order valence-electron chi connectivity index (χ1n) is 27.8. The third-order valence-electron chi connectivity index (χ3n) is 19.8. The standard InChI is InChI=1S/C56H90O19/c1-28(2)29(3)19-43(60)72-42-25-41-52(9)15-14-38(22-37(52)13-16-55(41,63)56(64)18-17-54(62,34(8)59)53(42,56)10)71-46-23-39(65-11)51(32(6)69-46)75-47-24-40(66-12)50(33(7)70-47)74-45-21-36(27-58)49(31(5)68-45)73-44-20-35(26-57)48(61)30(4)67-44/h13,19,28,30-33,35-36,38-42,44-51,57-58,61-64H,14-18,20-27H2,1-12H3/t30?,31?,32?,33?,35?,36?,38?,39?,40?,41?,42-,44?,45?,46?,47?,48?,49?,50?,51?,52+,53-,54-,55+,56-/m1/s1. The van der Waals surface area contributed by atoms with Crippen LogP contribution in [0.1, 0.15) is 140 Å². The lowest BCUT2D eigenvalue weighted by Crippen LogP contribution is -2.78. The molecule has 4 saturated heterocycles. The number of ketones is 1. The number of allylic oxidation sites excluding steroid dienone is 1. The molecule has 8 rings (SSSR count). The molecule has 24 atom stereocenters. The SMILES string of the molecule is COC1CC(OC2C(C)OC(OC3CC[C@@]4(C)C(=CC[C@]5(O)C4C[C@@H](OC(=O)C=C(C)C(C)C)[C@@]4(C)[C@]5(O)CC[C@@]4(O)C(C)=O)C3)CC2OC)OC(C)C1OC1CC(CO)C(OC2CC(CO)C(O)C(C)O2)C(C)O1. The van der Waals surface area contributed by atoms with Crippen molar-refractivity contribution in [3.8, 4) is 0 Å². The third-order valence-corrected chi connectivity index (χ3v) is 19.8. The highest BCUT2D eigenvalue weighted by molar-refractivity contribution is 5.87. The van der Waals surface area contributed by atoms with Crippen LogP contribution in [0, 0.1) is 34.5 Å². The summed E-state index contributed by atoms with van der Waals surface area (Å²) in [5, 5.41) is 68.7. The number of aliphatic hydroxyl groups is 6. The highest BCUT2D eigenvalue weighted by atomic mass is 16.8. The smallest absolute Gasteiger partial charge is 0.330 e. The van der Waals surface area contributed by atoms with E-state index in [-0.39, 0.29) is 62.8 Å². The van der Waals surface area contributed by atoms with E-state index in [2.05, 4.69) is 6.92 Å². The summed E-state index contributed by atoms with van der Waals surface area (Å²) in [4.78, 5) is 26.9. The van der Waals surface area contributed by atoms with E-state index in [0.717, 1.165) is 11.1 Å². The predicted octanol–water partition coefficient (Wildman–Crippen LogP) is 4.31. The molecular weight excluding hydrogens is 977 g/mol. The van der Waals surface area contributed by atoms with Crippen molar-refractivity contribution in [2.45, 2.75) is 255 Å². The summed E-state index contributed by atoms with van der Waals surface area (Å²) >= 11 is 0. The lowest BCUT2D eigenvalue weighted by Gasteiger charge is -2.67. The molecule has 75 heavy (non-hydrogen) atoms. The van der Waals surface area contributed by atoms with Gasteiger partial charge in [0.05, 0.1) is 60.4 Å². The highest BCUT2D eigenvalue weighted by Crippen LogP contribution is 2.71. The Balaban J connectivity index is 0.877. The third kappa shape index (κ3) is 10.6. The second-order valence-corrected chi connectivity index (χ2v) is 24.3. The van der Waals surface area contributed by atoms with Gasteiger partial charge in [-0.05, 0) is 105 Å². The van der Waals surface area contributed by atoms with Crippen LogP contribution in [0.2, 0.25) is 0 Å². The van der Waals surface area contributed by atoms with E-state index in [1.165, 1.54) is 13.0 Å². The van der Waals surface area contributed by atoms with Crippen LogP contribution in [0.4, 0.5) is 0 Å². The molecule has 0 amide bonds. The molecule has 0 aromatic carbocycles. The van der Waals surface area contributed by atoms with Gasteiger partial charge in [-0.15, -0.1) is 0 Å². The first-order valence-corrected chi connectivity index (χ1v) is 27.8. The fourth-order valence-electron chi connectivity index (χ4n) is 14.8. The van der Waals surface area contributed by atoms with Crippen molar-refractivity contribution < 1.29 is 92.3 Å². The molecule has 8 aliphatic rings. The quantitative estimate of drug-likeness (QED) is 0.0715. The van der Waals surface area contributed by atoms with Crippen molar-refractivity contribution in [2.24, 2.45) is 34.5 Å². The number of methoxy groups -OCH3 is 2. The lowest BCUT2D eigenvalue weighted by atomic mass is 9.42. The number of hydrogen-bond acceptors (Lipinski definition) is 19. The van der Waals surface area contributed by atoms with Gasteiger partial charge in [-0.2, -0.15) is 0 Å². The van der Waals surface area contributed by atoms with Crippen LogP contribution < -0.4 is 0 Å². The Labute approximate surface area is 443 Å². The van der Waals surface area contributed by atoms with Crippen molar-refractivity contribution in [1.82, 2.24) is 0 Å². The molecule has 18 unspecified atom stereocenters. The van der Waals surface area contributed by atoms with Gasteiger partial charge in [0, 0.05) is 76.9 Å². The van der Waals surface area contributed by atoms with Crippen molar-refractivity contribution >= 4 is 11.8 Å². The average Bonchev–Trinajstić information content (AvgIpc) is 3.59. The maximum atomic E-state index is 13.6. The summed E-state index contributed by atoms with van der Waals surface area (Å²) in [7, 11) is 3.26. The second-order valence-electron chi connectivity index (χ2n) is 24.3. The fourth-order valence-corrected chi connectivity index (χ4v) is 14.8. The molecule has 0 bridgehead atoms. The molecule has 7 fully saturated rings. The Morgan fingerprint density at radius 1 is 0.720 bits per heavy atom. The van der Waals surface area contributed by atoms with Gasteiger partial charge in [-0.3, -0.25) is 4.79 Å². The van der Waals surface area contributed by atoms with E-state index in [1.54, 1.807) is 28.1 Å². The summed E-state index contributed by atoms with van der Waals surface area (Å²) in [6, 6.07) is 0. The summed E-state index contributed by atoms with van der Waals surface area (Å²) in [6.07, 6.45) is -2.43. The van der Waals surface area contributed by atoms with Crippen LogP contribution in [0.3, 0.4) is 0 Å². The van der Waals surface area contributed by atoms with Gasteiger partial charge in [0.1, 0.15) is 35.1 Å². The van der Waals surface area contributed by atoms with Gasteiger partial charge in [0.15, 0.2) is 30.9 Å². The van der Waals surface area contributed by atoms with Crippen LogP contribution in [-0.2, 0) is 61.7 Å². The maximum absolute atomic E-state index is 13.6. The Kier molecular flexibility index (Phi) is 18.0. The molecule has 428 valence electrons. The number of esters is 1. The first kappa shape index (κ1) is 59.1. The van der Waals surface area contributed by atoms with Crippen LogP contribution in [0.5, 0.6) is 0 Å². The molecule has 0 spiro atoms. The van der Waals surface area contributed by atoms with Gasteiger partial charge >= 0.3 is 5.97 Å². The van der Waals surface area contributed by atoms with Gasteiger partial charge in [-0.1, -0.05) is 38.0 Å². The van der Waals surface area contributed by atoms with Gasteiger partial charge < -0.3 is 82.7 Å². The monoisotopic (exact) mass is 1070 g/mol. The first-order chi connectivity index (χ1) is 35.3. The molecule has 3 saturated carbocycles. The van der Waals surface area contributed by atoms with Crippen molar-refractivity contribution in [2.75, 3.05) is 27.4 Å². The molecule has 0 aromatic heterocycles. The zero-order valence-electron chi connectivity index (χ0n) is 46.4. The minimum Gasteiger partial charge on any atom is -0.458 e. The number of aliphatic hydroxyl groups excluding tert-OH is 3. The molecule has 4 aliphatic carbocycles. The van der Waals surface area contributed by atoms with Crippen LogP contribution in [0.15, 0.2) is 23.3 Å². The van der Waals surface area contributed by atoms with E-state index in [4.69, 9.17) is 52.1 Å². The minimum absolute atomic E-state index is 0.0398. The van der Waals surface area contributed by atoms with Crippen LogP contribution in [0.25, 0.3) is 0 Å². The van der Waals surface area contributed by atoms with Crippen molar-refractivity contribution in [3.05, 3.63) is 23.3 Å². The van der Waals surface area contributed by atoms with Crippen LogP contribution in [-0.4, -0.2) is 185 Å². The second kappa shape index (κ2) is 22.8. The molecule has 4 heterocycles. The number of fused-ring (bicyclic) bond motifs is 5. The topological polar surface area (TPSA) is 257 Å². The molecule has 0 radical (unpaired) electrons. The molecule has 4 aliphatic heterocycles. The molecule has 19 nitrogen and oxygen atoms in total. The van der Waals surface area contributed by atoms with E-state index >= 15 is 0 Å². The van der Waals surface area contributed by atoms with Crippen LogP contribution >= 0.6 is 0 Å². The number of ether oxygens (including phenoxy) is 11. The number of carbonyl (C=O) groups excluding carboxylic acids is 2. The summed E-state index contributed by atoms with van der Waals surface area (Å²) in [6.45, 7) is 17.8. The number of rotatable bonds is 16. The lowest BCUT2D eigenvalue weighted by molar-refractivity contribution is -0.344. The van der Waals surface area contributed by atoms with E-state index in [0.29, 0.717) is 44.9 Å². The maximum Gasteiger partial charge on any atom is 0.330 e. The van der Waals surface area contributed by atoms with Gasteiger partial charge in [0.2, 0.25) is 0 Å². The van der Waals surface area contributed by atoms with Crippen molar-refractivity contribution in [3.63, 3.8) is 0 Å². The molecule has 19 heteroatoms. The summed E-state index contributed by atoms with van der Waals surface area (Å²) in [5.74, 6) is -2.36. The minimum atomic E-state index is -2.03. The van der Waals surface area contributed by atoms with Gasteiger partial charge in [0.25, 0.3) is 0 Å². The molecule has 6 N–H and O–H groups in total. The molecule has 0 aromatic rings. The Hall–Kier alpha value is -2.02. The zero-order valence-corrected chi connectivity index (χ0v) is 46.4. The highest BCUT2D eigenvalue weighted by Gasteiger charge is 2.81. The molecular formula is C56H90O19. The Morgan fingerprint density at radius 2 is 1.24 bits per heavy atom. The fraction of sp³-hybridized carbons (Fsp3) is 0.893. The number of Topliss-reactive ketones (excluding diaryl/α,β-unsaturated/α-hetero) is 1. The number of carbonyl (C=O) groups is 2. The average molecular weight is 1070 g/mol. The summed E-state index contributed by atoms with van der Waals surface area (Å²) in [5.41, 5.74) is -6.14. The van der Waals surface area contributed by atoms with Crippen molar-refractivity contribution in [1.29, 1.82) is 0 Å². The van der Waals surface area contributed by atoms with E-state index in [9.17, 15) is 40.2 Å².